The lowest BCUT2D eigenvalue weighted by molar-refractivity contribution is 0.0768. The van der Waals surface area contributed by atoms with Gasteiger partial charge in [0.25, 0.3) is 11.5 Å². The van der Waals surface area contributed by atoms with Gasteiger partial charge in [0.05, 0.1) is 12.9 Å². The molecule has 3 heterocycles. The van der Waals surface area contributed by atoms with E-state index < -0.39 is 0 Å². The van der Waals surface area contributed by atoms with Crippen molar-refractivity contribution in [3.05, 3.63) is 52.7 Å². The SMILES string of the molecule is Cn1cnc2c(C(=O)N3CC[C@@H](Oc4ccccc4)C3)[nH]nc2c1=O. The number of aromatic amines is 1. The summed E-state index contributed by atoms with van der Waals surface area (Å²) in [5.41, 5.74) is 0.435. The smallest absolute Gasteiger partial charge is 0.281 e. The number of amides is 1. The highest BCUT2D eigenvalue weighted by molar-refractivity contribution is 6.02. The van der Waals surface area contributed by atoms with E-state index in [4.69, 9.17) is 4.74 Å². The number of hydrogen-bond acceptors (Lipinski definition) is 5. The number of nitrogens with zero attached hydrogens (tertiary/aromatic N) is 4. The van der Waals surface area contributed by atoms with Crippen LogP contribution in [0, 0.1) is 0 Å². The van der Waals surface area contributed by atoms with Crippen molar-refractivity contribution in [1.82, 2.24) is 24.6 Å². The monoisotopic (exact) mass is 339 g/mol. The number of rotatable bonds is 3. The highest BCUT2D eigenvalue weighted by Gasteiger charge is 2.30. The second-order valence-corrected chi connectivity index (χ2v) is 6.05. The van der Waals surface area contributed by atoms with E-state index in [1.165, 1.54) is 10.9 Å². The molecule has 0 unspecified atom stereocenters. The zero-order chi connectivity index (χ0) is 17.4. The van der Waals surface area contributed by atoms with E-state index in [1.54, 1.807) is 11.9 Å². The molecule has 128 valence electrons. The molecule has 8 nitrogen and oxygen atoms in total. The topological polar surface area (TPSA) is 93.1 Å². The predicted molar refractivity (Wildman–Crippen MR) is 90.5 cm³/mol. The normalized spacial score (nSPS) is 17.2. The molecule has 0 radical (unpaired) electrons. The number of carbonyl (C=O) groups excluding carboxylic acids is 1. The van der Waals surface area contributed by atoms with Crippen molar-refractivity contribution in [3.63, 3.8) is 0 Å². The summed E-state index contributed by atoms with van der Waals surface area (Å²) in [7, 11) is 1.59. The van der Waals surface area contributed by atoms with Gasteiger partial charge in [0.1, 0.15) is 23.1 Å². The molecule has 1 aliphatic heterocycles. The Bertz CT molecular complexity index is 979. The molecule has 0 spiro atoms. The van der Waals surface area contributed by atoms with Gasteiger partial charge in [-0.15, -0.1) is 0 Å². The maximum absolute atomic E-state index is 12.8. The molecule has 1 saturated heterocycles. The minimum absolute atomic E-state index is 0.0543. The molecule has 2 aromatic heterocycles. The van der Waals surface area contributed by atoms with E-state index in [2.05, 4.69) is 15.2 Å². The van der Waals surface area contributed by atoms with Crippen LogP contribution in [0.25, 0.3) is 11.0 Å². The molecular formula is C17H17N5O3. The number of nitrogens with one attached hydrogen (secondary N) is 1. The lowest BCUT2D eigenvalue weighted by atomic mass is 10.3. The van der Waals surface area contributed by atoms with Crippen LogP contribution in [-0.4, -0.2) is 49.7 Å². The number of likely N-dealkylation sites (tertiary alicyclic amines) is 1. The molecule has 1 atom stereocenters. The van der Waals surface area contributed by atoms with Crippen molar-refractivity contribution in [2.75, 3.05) is 13.1 Å². The molecule has 4 rings (SSSR count). The Morgan fingerprint density at radius 2 is 2.08 bits per heavy atom. The van der Waals surface area contributed by atoms with Crippen LogP contribution in [0.4, 0.5) is 0 Å². The molecule has 8 heteroatoms. The van der Waals surface area contributed by atoms with Gasteiger partial charge in [0, 0.05) is 20.0 Å². The summed E-state index contributed by atoms with van der Waals surface area (Å²) in [6.45, 7) is 1.07. The second kappa shape index (κ2) is 6.04. The van der Waals surface area contributed by atoms with Gasteiger partial charge in [-0.2, -0.15) is 5.10 Å². The largest absolute Gasteiger partial charge is 0.489 e. The van der Waals surface area contributed by atoms with E-state index in [9.17, 15) is 9.59 Å². The van der Waals surface area contributed by atoms with Crippen LogP contribution in [0.2, 0.25) is 0 Å². The quantitative estimate of drug-likeness (QED) is 0.767. The first-order chi connectivity index (χ1) is 12.1. The number of carbonyl (C=O) groups is 1. The Morgan fingerprint density at radius 3 is 2.88 bits per heavy atom. The minimum Gasteiger partial charge on any atom is -0.489 e. The summed E-state index contributed by atoms with van der Waals surface area (Å²) < 4.78 is 7.24. The zero-order valence-corrected chi connectivity index (χ0v) is 13.7. The van der Waals surface area contributed by atoms with Crippen LogP contribution >= 0.6 is 0 Å². The molecule has 0 saturated carbocycles. The van der Waals surface area contributed by atoms with Crippen LogP contribution in [0.15, 0.2) is 41.5 Å². The van der Waals surface area contributed by atoms with Gasteiger partial charge >= 0.3 is 0 Å². The van der Waals surface area contributed by atoms with Gasteiger partial charge in [-0.05, 0) is 12.1 Å². The molecular weight excluding hydrogens is 322 g/mol. The molecule has 1 aliphatic rings. The first kappa shape index (κ1) is 15.4. The zero-order valence-electron chi connectivity index (χ0n) is 13.7. The van der Waals surface area contributed by atoms with E-state index in [0.29, 0.717) is 18.6 Å². The number of benzene rings is 1. The van der Waals surface area contributed by atoms with Gasteiger partial charge in [-0.25, -0.2) is 4.98 Å². The number of ether oxygens (including phenoxy) is 1. The third-order valence-electron chi connectivity index (χ3n) is 4.32. The molecule has 3 aromatic rings. The van der Waals surface area contributed by atoms with Crippen LogP contribution < -0.4 is 10.3 Å². The van der Waals surface area contributed by atoms with E-state index >= 15 is 0 Å². The van der Waals surface area contributed by atoms with Gasteiger partial charge in [0.2, 0.25) is 0 Å². The molecule has 25 heavy (non-hydrogen) atoms. The average Bonchev–Trinajstić information content (AvgIpc) is 3.26. The average molecular weight is 339 g/mol. The maximum Gasteiger partial charge on any atom is 0.281 e. The van der Waals surface area contributed by atoms with Gasteiger partial charge in [0.15, 0.2) is 5.52 Å². The molecule has 1 N–H and O–H groups in total. The fourth-order valence-corrected chi connectivity index (χ4v) is 2.98. The van der Waals surface area contributed by atoms with E-state index in [1.807, 2.05) is 30.3 Å². The Balaban J connectivity index is 1.52. The standard InChI is InChI=1S/C17H17N5O3/c1-21-10-18-13-14(16(21)23)19-20-15(13)17(24)22-8-7-12(9-22)25-11-5-3-2-4-6-11/h2-6,10,12H,7-9H2,1H3,(H,19,20)/t12-/m1/s1. The summed E-state index contributed by atoms with van der Waals surface area (Å²) in [6, 6.07) is 9.55. The fraction of sp³-hybridized carbons (Fsp3) is 0.294. The lowest BCUT2D eigenvalue weighted by Crippen LogP contribution is -2.31. The molecule has 0 bridgehead atoms. The number of aromatic nitrogens is 4. The summed E-state index contributed by atoms with van der Waals surface area (Å²) >= 11 is 0. The van der Waals surface area contributed by atoms with Crippen molar-refractivity contribution in [2.24, 2.45) is 7.05 Å². The Kier molecular flexibility index (Phi) is 3.72. The predicted octanol–water partition coefficient (Wildman–Crippen LogP) is 0.950. The summed E-state index contributed by atoms with van der Waals surface area (Å²) in [6.07, 6.45) is 2.09. The third kappa shape index (κ3) is 2.75. The number of aryl methyl sites for hydroxylation is 1. The van der Waals surface area contributed by atoms with Gasteiger partial charge in [-0.3, -0.25) is 14.7 Å². The van der Waals surface area contributed by atoms with Gasteiger partial charge in [-0.1, -0.05) is 18.2 Å². The number of H-pyrrole nitrogens is 1. The Labute approximate surface area is 143 Å². The Morgan fingerprint density at radius 1 is 1.28 bits per heavy atom. The maximum atomic E-state index is 12.8. The number of para-hydroxylation sites is 1. The second-order valence-electron chi connectivity index (χ2n) is 6.05. The fourth-order valence-electron chi connectivity index (χ4n) is 2.98. The highest BCUT2D eigenvalue weighted by atomic mass is 16.5. The van der Waals surface area contributed by atoms with Crippen LogP contribution in [-0.2, 0) is 7.05 Å². The minimum atomic E-state index is -0.285. The third-order valence-corrected chi connectivity index (χ3v) is 4.32. The Hall–Kier alpha value is -3.16. The van der Waals surface area contributed by atoms with Crippen molar-refractivity contribution in [1.29, 1.82) is 0 Å². The summed E-state index contributed by atoms with van der Waals surface area (Å²) in [5.74, 6) is 0.571. The van der Waals surface area contributed by atoms with Crippen molar-refractivity contribution < 1.29 is 9.53 Å². The van der Waals surface area contributed by atoms with Crippen molar-refractivity contribution >= 4 is 16.9 Å². The molecule has 1 amide bonds. The van der Waals surface area contributed by atoms with Crippen LogP contribution in [0.1, 0.15) is 16.9 Å². The summed E-state index contributed by atoms with van der Waals surface area (Å²) in [4.78, 5) is 30.7. The van der Waals surface area contributed by atoms with Gasteiger partial charge < -0.3 is 14.2 Å². The van der Waals surface area contributed by atoms with E-state index in [0.717, 1.165) is 12.2 Å². The molecule has 1 fully saturated rings. The summed E-state index contributed by atoms with van der Waals surface area (Å²) in [5, 5.41) is 6.62. The first-order valence-electron chi connectivity index (χ1n) is 8.04. The lowest BCUT2D eigenvalue weighted by Gasteiger charge is -2.16. The van der Waals surface area contributed by atoms with E-state index in [-0.39, 0.29) is 28.8 Å². The first-order valence-corrected chi connectivity index (χ1v) is 8.04. The highest BCUT2D eigenvalue weighted by Crippen LogP contribution is 2.20. The molecule has 1 aromatic carbocycles. The van der Waals surface area contributed by atoms with Crippen LogP contribution in [0.3, 0.4) is 0 Å². The van der Waals surface area contributed by atoms with Crippen molar-refractivity contribution in [2.45, 2.75) is 12.5 Å². The number of fused-ring (bicyclic) bond motifs is 1. The van der Waals surface area contributed by atoms with Crippen LogP contribution in [0.5, 0.6) is 5.75 Å². The molecule has 0 aliphatic carbocycles. The number of hydrogen-bond donors (Lipinski definition) is 1. The van der Waals surface area contributed by atoms with Crippen molar-refractivity contribution in [3.8, 4) is 5.75 Å².